The molecule has 2 aromatic rings. The molecule has 0 saturated heterocycles. The topological polar surface area (TPSA) is 67.9 Å². The van der Waals surface area contributed by atoms with E-state index in [1.807, 2.05) is 0 Å². The van der Waals surface area contributed by atoms with Gasteiger partial charge in [-0.2, -0.15) is 0 Å². The van der Waals surface area contributed by atoms with Gasteiger partial charge in [0.1, 0.15) is 5.52 Å². The molecule has 0 saturated carbocycles. The maximum atomic E-state index is 11.5. The van der Waals surface area contributed by atoms with Gasteiger partial charge in [0.25, 0.3) is 0 Å². The molecule has 0 spiro atoms. The zero-order chi connectivity index (χ0) is 9.71. The lowest BCUT2D eigenvalue weighted by Crippen LogP contribution is -2.29. The van der Waals surface area contributed by atoms with Crippen LogP contribution >= 0.6 is 0 Å². The minimum Gasteiger partial charge on any atom is -0.289 e. The molecule has 1 aliphatic rings. The van der Waals surface area contributed by atoms with E-state index >= 15 is 0 Å². The summed E-state index contributed by atoms with van der Waals surface area (Å²) in [5.41, 5.74) is 1.58. The van der Waals surface area contributed by atoms with Crippen LogP contribution in [-0.4, -0.2) is 32.3 Å². The predicted octanol–water partition coefficient (Wildman–Crippen LogP) is 0.170. The van der Waals surface area contributed by atoms with E-state index in [1.54, 1.807) is 18.2 Å². The van der Waals surface area contributed by atoms with Gasteiger partial charge in [-0.1, -0.05) is 6.07 Å². The fourth-order valence-corrected chi connectivity index (χ4v) is 1.61. The number of nitroso groups, excluding NO2 is 1. The highest BCUT2D eigenvalue weighted by atomic mass is 16.3. The van der Waals surface area contributed by atoms with Gasteiger partial charge in [-0.25, -0.2) is 0 Å². The van der Waals surface area contributed by atoms with Crippen molar-refractivity contribution in [2.75, 3.05) is 6.54 Å². The normalized spacial score (nSPS) is 15.1. The molecule has 0 radical (unpaired) electrons. The molecule has 1 aromatic heterocycles. The van der Waals surface area contributed by atoms with E-state index in [0.29, 0.717) is 21.5 Å². The molecule has 0 atom stereocenters. The fourth-order valence-electron chi connectivity index (χ4n) is 1.61. The first-order valence-electron chi connectivity index (χ1n) is 4.10. The third kappa shape index (κ3) is 0.723. The number of hydrogen-bond acceptors (Lipinski definition) is 4. The van der Waals surface area contributed by atoms with Crippen molar-refractivity contribution >= 4 is 16.8 Å². The molecular weight excluding hydrogens is 184 g/mol. The molecule has 14 heavy (non-hydrogen) atoms. The highest BCUT2D eigenvalue weighted by Crippen LogP contribution is 2.19. The number of carbonyl (C=O) groups is 1. The number of rotatable bonds is 0. The Labute approximate surface area is 77.7 Å². The van der Waals surface area contributed by atoms with E-state index in [-0.39, 0.29) is 12.3 Å². The van der Waals surface area contributed by atoms with Crippen molar-refractivity contribution in [3.05, 3.63) is 28.7 Å². The lowest BCUT2D eigenvalue weighted by Gasteiger charge is -2.04. The quantitative estimate of drug-likeness (QED) is 0.554. The summed E-state index contributed by atoms with van der Waals surface area (Å²) in [4.78, 5) is 24.4. The fraction of sp³-hybridized carbons (Fsp3) is 0.125. The number of carbonyl (C=O) groups excluding carboxylic acids is 1. The van der Waals surface area contributed by atoms with Crippen LogP contribution < -0.4 is 0 Å². The average Bonchev–Trinajstić information content (AvgIpc) is 2.59. The Kier molecular flexibility index (Phi) is 1.16. The first-order chi connectivity index (χ1) is 6.77. The summed E-state index contributed by atoms with van der Waals surface area (Å²) in [6.45, 7) is -0.199. The third-order valence-electron chi connectivity index (χ3n) is 2.24. The highest BCUT2D eigenvalue weighted by Gasteiger charge is 2.31. The maximum absolute atomic E-state index is 11.5. The van der Waals surface area contributed by atoms with Crippen molar-refractivity contribution < 1.29 is 9.66 Å². The summed E-state index contributed by atoms with van der Waals surface area (Å²) in [5.74, 6) is -0.194. The predicted molar refractivity (Wildman–Crippen MR) is 45.8 cm³/mol. The van der Waals surface area contributed by atoms with Crippen LogP contribution in [0.25, 0.3) is 11.0 Å². The van der Waals surface area contributed by atoms with Crippen LogP contribution in [0.15, 0.2) is 18.2 Å². The van der Waals surface area contributed by atoms with E-state index in [0.717, 1.165) is 4.79 Å². The van der Waals surface area contributed by atoms with E-state index in [9.17, 15) is 9.70 Å². The van der Waals surface area contributed by atoms with Crippen molar-refractivity contribution in [3.63, 3.8) is 0 Å². The summed E-state index contributed by atoms with van der Waals surface area (Å²) in [6, 6.07) is 5.13. The van der Waals surface area contributed by atoms with Crippen molar-refractivity contribution in [1.82, 2.24) is 15.1 Å². The molecule has 3 rings (SSSR count). The third-order valence-corrected chi connectivity index (χ3v) is 2.24. The van der Waals surface area contributed by atoms with E-state index in [4.69, 9.17) is 0 Å². The Morgan fingerprint density at radius 3 is 3.14 bits per heavy atom. The molecule has 0 fully saturated rings. The molecule has 6 heteroatoms. The summed E-state index contributed by atoms with van der Waals surface area (Å²) < 4.78 is 0. The minimum atomic E-state index is -0.199. The Morgan fingerprint density at radius 2 is 2.29 bits per heavy atom. The van der Waals surface area contributed by atoms with Crippen LogP contribution in [0.3, 0.4) is 0 Å². The van der Waals surface area contributed by atoms with Gasteiger partial charge in [0.05, 0.1) is 15.2 Å². The largest absolute Gasteiger partial charge is 0.289 e. The second kappa shape index (κ2) is 2.22. The molecule has 0 bridgehead atoms. The van der Waals surface area contributed by atoms with Gasteiger partial charge in [0.15, 0.2) is 10.7 Å². The molecule has 1 aliphatic heterocycles. The summed E-state index contributed by atoms with van der Waals surface area (Å²) in [7, 11) is 0. The number of aromatic nitrogens is 3. The van der Waals surface area contributed by atoms with Crippen molar-refractivity contribution in [1.29, 1.82) is 0 Å². The van der Waals surface area contributed by atoms with Crippen molar-refractivity contribution in [2.24, 2.45) is 0 Å². The first-order valence-corrected chi connectivity index (χ1v) is 4.10. The van der Waals surface area contributed by atoms with Gasteiger partial charge in [0.2, 0.25) is 12.3 Å². The second-order valence-electron chi connectivity index (χ2n) is 3.09. The molecule has 0 aliphatic carbocycles. The SMILES string of the molecule is O=C1C[N+](=O)n2nnc3cccc1c32. The van der Waals surface area contributed by atoms with Crippen molar-refractivity contribution in [2.45, 2.75) is 0 Å². The zero-order valence-corrected chi connectivity index (χ0v) is 7.04. The molecule has 1 aromatic carbocycles. The number of nitrogens with zero attached hydrogens (tertiary/aromatic N) is 4. The summed E-state index contributed by atoms with van der Waals surface area (Å²) in [5, 5.41) is 7.46. The van der Waals surface area contributed by atoms with Gasteiger partial charge >= 0.3 is 0 Å². The Hall–Kier alpha value is -2.11. The summed E-state index contributed by atoms with van der Waals surface area (Å²) in [6.07, 6.45) is 0. The number of Topliss-reactive ketones (excluding diaryl/α,β-unsaturated/α-hetero) is 1. The maximum Gasteiger partial charge on any atom is 0.219 e. The van der Waals surface area contributed by atoms with Gasteiger partial charge < -0.3 is 0 Å². The minimum absolute atomic E-state index is 0.194. The van der Waals surface area contributed by atoms with E-state index in [1.165, 1.54) is 0 Å². The highest BCUT2D eigenvalue weighted by molar-refractivity contribution is 6.07. The smallest absolute Gasteiger partial charge is 0.219 e. The van der Waals surface area contributed by atoms with Crippen LogP contribution in [0.1, 0.15) is 10.4 Å². The van der Waals surface area contributed by atoms with Gasteiger partial charge in [-0.15, -0.1) is 0 Å². The van der Waals surface area contributed by atoms with E-state index < -0.39 is 0 Å². The van der Waals surface area contributed by atoms with Crippen LogP contribution in [0.4, 0.5) is 0 Å². The van der Waals surface area contributed by atoms with Crippen LogP contribution in [0.5, 0.6) is 0 Å². The zero-order valence-electron chi connectivity index (χ0n) is 7.04. The van der Waals surface area contributed by atoms with Gasteiger partial charge in [-0.3, -0.25) is 4.79 Å². The Balaban J connectivity index is 2.55. The molecule has 0 N–H and O–H groups in total. The van der Waals surface area contributed by atoms with Gasteiger partial charge in [-0.05, 0) is 22.1 Å². The first kappa shape index (κ1) is 7.31. The number of benzene rings is 1. The van der Waals surface area contributed by atoms with Crippen LogP contribution in [0.2, 0.25) is 0 Å². The molecule has 0 unspecified atom stereocenters. The number of hydrogen-bond donors (Lipinski definition) is 0. The Bertz CT molecular complexity index is 572. The second-order valence-corrected chi connectivity index (χ2v) is 3.09. The lowest BCUT2D eigenvalue weighted by molar-refractivity contribution is -0.601. The van der Waals surface area contributed by atoms with Crippen LogP contribution in [0, 0.1) is 4.91 Å². The van der Waals surface area contributed by atoms with Crippen LogP contribution in [-0.2, 0) is 0 Å². The number of para-hydroxylation sites is 1. The molecule has 6 nitrogen and oxygen atoms in total. The number of ketones is 1. The van der Waals surface area contributed by atoms with Crippen molar-refractivity contribution in [3.8, 4) is 0 Å². The average molecular weight is 189 g/mol. The van der Waals surface area contributed by atoms with E-state index in [2.05, 4.69) is 10.3 Å². The summed E-state index contributed by atoms with van der Waals surface area (Å²) >= 11 is 0. The molecule has 0 amide bonds. The Morgan fingerprint density at radius 1 is 1.43 bits per heavy atom. The van der Waals surface area contributed by atoms with Gasteiger partial charge in [0, 0.05) is 0 Å². The molecule has 68 valence electrons. The molecule has 2 heterocycles. The standard InChI is InChI=1S/C8H5N4O2/c13-7-4-11(14)12-8-5(7)2-1-3-6(8)9-10-12/h1-3H,4H2/q+1. The monoisotopic (exact) mass is 189 g/mol. The molecular formula is C8H5N4O2+. The lowest BCUT2D eigenvalue weighted by atomic mass is 10.1.